The molecule has 0 radical (unpaired) electrons. The summed E-state index contributed by atoms with van der Waals surface area (Å²) in [5.74, 6) is 0.619. The molecule has 0 aliphatic carbocycles. The van der Waals surface area contributed by atoms with Crippen LogP contribution in [0.2, 0.25) is 10.0 Å². The second-order valence-electron chi connectivity index (χ2n) is 6.23. The highest BCUT2D eigenvalue weighted by Crippen LogP contribution is 2.31. The predicted molar refractivity (Wildman–Crippen MR) is 115 cm³/mol. The van der Waals surface area contributed by atoms with E-state index in [0.717, 1.165) is 29.3 Å². The Kier molecular flexibility index (Phi) is 6.73. The smallest absolute Gasteiger partial charge is 0.154 e. The van der Waals surface area contributed by atoms with Gasteiger partial charge in [-0.05, 0) is 42.4 Å². The van der Waals surface area contributed by atoms with E-state index in [1.165, 1.54) is 0 Å². The van der Waals surface area contributed by atoms with Crippen molar-refractivity contribution in [2.24, 2.45) is 0 Å². The number of hydrogen-bond acceptors (Lipinski definition) is 5. The van der Waals surface area contributed by atoms with Gasteiger partial charge < -0.3 is 15.4 Å². The van der Waals surface area contributed by atoms with Crippen molar-refractivity contribution in [2.75, 3.05) is 19.0 Å². The number of aromatic nitrogens is 1. The van der Waals surface area contributed by atoms with Crippen LogP contribution in [0.15, 0.2) is 36.4 Å². The summed E-state index contributed by atoms with van der Waals surface area (Å²) in [7, 11) is 1.58. The topological polar surface area (TPSA) is 63.3 Å². The normalized spacial score (nSPS) is 10.9. The van der Waals surface area contributed by atoms with Crippen LogP contribution in [0, 0.1) is 0 Å². The first-order chi connectivity index (χ1) is 13.6. The number of hydrogen-bond donors (Lipinski definition) is 2. The number of anilines is 1. The molecule has 28 heavy (non-hydrogen) atoms. The second kappa shape index (κ2) is 9.24. The van der Waals surface area contributed by atoms with Crippen molar-refractivity contribution in [3.8, 4) is 5.75 Å². The van der Waals surface area contributed by atoms with Crippen LogP contribution in [-0.4, -0.2) is 24.9 Å². The van der Waals surface area contributed by atoms with Crippen molar-refractivity contribution in [3.63, 3.8) is 0 Å². The van der Waals surface area contributed by atoms with Gasteiger partial charge in [0.05, 0.1) is 34.6 Å². The highest BCUT2D eigenvalue weighted by molar-refractivity contribution is 6.32. The highest BCUT2D eigenvalue weighted by Gasteiger charge is 2.15. The van der Waals surface area contributed by atoms with Crippen molar-refractivity contribution in [2.45, 2.75) is 20.0 Å². The van der Waals surface area contributed by atoms with Crippen LogP contribution in [0.25, 0.3) is 10.9 Å². The maximum Gasteiger partial charge on any atom is 0.154 e. The van der Waals surface area contributed by atoms with Gasteiger partial charge in [0.25, 0.3) is 0 Å². The van der Waals surface area contributed by atoms with Crippen molar-refractivity contribution in [1.82, 2.24) is 10.3 Å². The minimum Gasteiger partial charge on any atom is -0.495 e. The lowest BCUT2D eigenvalue weighted by atomic mass is 10.1. The maximum absolute atomic E-state index is 11.9. The molecule has 1 aromatic heterocycles. The lowest BCUT2D eigenvalue weighted by Gasteiger charge is -2.16. The Labute approximate surface area is 174 Å². The van der Waals surface area contributed by atoms with Crippen LogP contribution in [0.3, 0.4) is 0 Å². The summed E-state index contributed by atoms with van der Waals surface area (Å²) >= 11 is 12.4. The van der Waals surface area contributed by atoms with Crippen molar-refractivity contribution < 1.29 is 9.53 Å². The molecule has 0 bridgehead atoms. The molecule has 0 amide bonds. The number of aldehydes is 1. The Balaban J connectivity index is 2.02. The zero-order valence-electron chi connectivity index (χ0n) is 15.7. The molecule has 0 aliphatic heterocycles. The fourth-order valence-corrected chi connectivity index (χ4v) is 3.46. The summed E-state index contributed by atoms with van der Waals surface area (Å²) in [5, 5.41) is 8.52. The van der Waals surface area contributed by atoms with E-state index in [9.17, 15) is 4.79 Å². The fraction of sp³-hybridized carbons (Fsp3) is 0.238. The van der Waals surface area contributed by atoms with Crippen molar-refractivity contribution in [1.29, 1.82) is 0 Å². The Bertz CT molecular complexity index is 1010. The van der Waals surface area contributed by atoms with E-state index in [2.05, 4.69) is 15.6 Å². The molecule has 7 heteroatoms. The number of methoxy groups -OCH3 is 1. The van der Waals surface area contributed by atoms with Gasteiger partial charge in [-0.15, -0.1) is 0 Å². The molecule has 0 spiro atoms. The lowest BCUT2D eigenvalue weighted by Crippen LogP contribution is -2.16. The number of rotatable bonds is 8. The first-order valence-electron chi connectivity index (χ1n) is 8.91. The quantitative estimate of drug-likeness (QED) is 0.500. The molecule has 5 nitrogen and oxygen atoms in total. The summed E-state index contributed by atoms with van der Waals surface area (Å²) in [5.41, 5.74) is 3.67. The van der Waals surface area contributed by atoms with Crippen LogP contribution in [0.4, 0.5) is 5.69 Å². The average molecular weight is 418 g/mol. The van der Waals surface area contributed by atoms with Gasteiger partial charge in [-0.2, -0.15) is 0 Å². The molecule has 0 saturated carbocycles. The second-order valence-corrected chi connectivity index (χ2v) is 7.07. The number of nitrogens with zero attached hydrogens (tertiary/aromatic N) is 1. The van der Waals surface area contributed by atoms with E-state index in [4.69, 9.17) is 27.9 Å². The average Bonchev–Trinajstić information content (AvgIpc) is 2.70. The Morgan fingerprint density at radius 2 is 1.96 bits per heavy atom. The molecule has 2 aromatic carbocycles. The molecule has 0 fully saturated rings. The van der Waals surface area contributed by atoms with E-state index in [1.807, 2.05) is 37.3 Å². The number of carbonyl (C=O) groups is 1. The lowest BCUT2D eigenvalue weighted by molar-refractivity contribution is 0.112. The molecule has 0 atom stereocenters. The minimum atomic E-state index is 0.483. The minimum absolute atomic E-state index is 0.483. The van der Waals surface area contributed by atoms with Gasteiger partial charge in [0.2, 0.25) is 0 Å². The van der Waals surface area contributed by atoms with E-state index in [0.29, 0.717) is 45.8 Å². The Morgan fingerprint density at radius 1 is 1.14 bits per heavy atom. The Morgan fingerprint density at radius 3 is 2.64 bits per heavy atom. The zero-order chi connectivity index (χ0) is 20.1. The molecular formula is C21H21Cl2N3O2. The highest BCUT2D eigenvalue weighted by atomic mass is 35.5. The van der Waals surface area contributed by atoms with E-state index < -0.39 is 0 Å². The first-order valence-corrected chi connectivity index (χ1v) is 9.67. The number of benzene rings is 2. The van der Waals surface area contributed by atoms with Crippen LogP contribution in [-0.2, 0) is 13.1 Å². The third-order valence-corrected chi connectivity index (χ3v) is 4.94. The molecule has 3 rings (SSSR count). The van der Waals surface area contributed by atoms with Crippen LogP contribution >= 0.6 is 23.2 Å². The summed E-state index contributed by atoms with van der Waals surface area (Å²) in [6, 6.07) is 11.0. The van der Waals surface area contributed by atoms with Crippen molar-refractivity contribution in [3.05, 3.63) is 63.3 Å². The summed E-state index contributed by atoms with van der Waals surface area (Å²) < 4.78 is 5.19. The number of carbonyl (C=O) groups excluding carboxylic acids is 1. The molecule has 146 valence electrons. The molecule has 3 aromatic rings. The molecular weight excluding hydrogens is 397 g/mol. The maximum atomic E-state index is 11.9. The zero-order valence-corrected chi connectivity index (χ0v) is 17.2. The van der Waals surface area contributed by atoms with Crippen molar-refractivity contribution >= 4 is 46.1 Å². The summed E-state index contributed by atoms with van der Waals surface area (Å²) in [6.45, 7) is 3.78. The van der Waals surface area contributed by atoms with Gasteiger partial charge in [0.1, 0.15) is 5.75 Å². The molecule has 0 saturated heterocycles. The third kappa shape index (κ3) is 4.38. The predicted octanol–water partition coefficient (Wildman–Crippen LogP) is 5.08. The van der Waals surface area contributed by atoms with E-state index in [1.54, 1.807) is 13.2 Å². The summed E-state index contributed by atoms with van der Waals surface area (Å²) in [6.07, 6.45) is 0.837. The van der Waals surface area contributed by atoms with Gasteiger partial charge in [0.15, 0.2) is 6.29 Å². The molecule has 1 heterocycles. The molecule has 0 aliphatic rings. The van der Waals surface area contributed by atoms with Gasteiger partial charge in [0, 0.05) is 23.5 Å². The van der Waals surface area contributed by atoms with Crippen LogP contribution in [0.1, 0.15) is 28.5 Å². The first kappa shape index (κ1) is 20.4. The fourth-order valence-electron chi connectivity index (χ4n) is 3.01. The third-order valence-electron chi connectivity index (χ3n) is 4.41. The van der Waals surface area contributed by atoms with Crippen LogP contribution in [0.5, 0.6) is 5.75 Å². The number of fused-ring (bicyclic) bond motifs is 1. The standard InChI is InChI=1S/C21H21Cl2N3O2/c1-3-24-11-19-16(12-27)21(15-9-14(22)5-6-18(15)26-19)25-10-13-4-7-20(28-2)17(23)8-13/h4-9,12,24H,3,10-11H2,1-2H3,(H,25,26). The van der Waals surface area contributed by atoms with Gasteiger partial charge in [-0.3, -0.25) is 9.78 Å². The molecule has 2 N–H and O–H groups in total. The Hall–Kier alpha value is -2.34. The largest absolute Gasteiger partial charge is 0.495 e. The molecule has 0 unspecified atom stereocenters. The van der Waals surface area contributed by atoms with Gasteiger partial charge in [-0.1, -0.05) is 36.2 Å². The SMILES string of the molecule is CCNCc1nc2ccc(Cl)cc2c(NCc2ccc(OC)c(Cl)c2)c1C=O. The van der Waals surface area contributed by atoms with E-state index >= 15 is 0 Å². The summed E-state index contributed by atoms with van der Waals surface area (Å²) in [4.78, 5) is 16.6. The van der Waals surface area contributed by atoms with Gasteiger partial charge >= 0.3 is 0 Å². The number of halogens is 2. The monoisotopic (exact) mass is 417 g/mol. The number of pyridine rings is 1. The van der Waals surface area contributed by atoms with E-state index in [-0.39, 0.29) is 0 Å². The van der Waals surface area contributed by atoms with Crippen LogP contribution < -0.4 is 15.4 Å². The number of ether oxygens (including phenoxy) is 1. The number of nitrogens with one attached hydrogen (secondary N) is 2. The van der Waals surface area contributed by atoms with Gasteiger partial charge in [-0.25, -0.2) is 0 Å².